The molecule has 1 aliphatic rings. The van der Waals surface area contributed by atoms with Crippen LogP contribution in [0.5, 0.6) is 5.75 Å². The summed E-state index contributed by atoms with van der Waals surface area (Å²) in [5.41, 5.74) is -0.103. The van der Waals surface area contributed by atoms with Gasteiger partial charge < -0.3 is 14.7 Å². The van der Waals surface area contributed by atoms with Crippen LogP contribution in [0.4, 0.5) is 8.78 Å². The van der Waals surface area contributed by atoms with E-state index in [0.29, 0.717) is 32.0 Å². The molecule has 0 radical (unpaired) electrons. The molecule has 0 bridgehead atoms. The molecular formula is C19H19F2NO3. The highest BCUT2D eigenvalue weighted by Crippen LogP contribution is 2.32. The summed E-state index contributed by atoms with van der Waals surface area (Å²) in [6, 6.07) is 12.3. The third-order valence-electron chi connectivity index (χ3n) is 4.50. The Hall–Kier alpha value is -2.47. The second kappa shape index (κ2) is 7.19. The predicted molar refractivity (Wildman–Crippen MR) is 88.0 cm³/mol. The molecule has 132 valence electrons. The summed E-state index contributed by atoms with van der Waals surface area (Å²) in [5, 5.41) is 10.8. The number of nitrogens with zero attached hydrogens (tertiary/aromatic N) is 1. The van der Waals surface area contributed by atoms with Crippen LogP contribution < -0.4 is 4.74 Å². The SMILES string of the molecule is O=C(COc1ccc(F)cc1F)N1CCC(O)(c2ccccc2)CC1. The molecule has 1 amide bonds. The molecule has 0 atom stereocenters. The van der Waals surface area contributed by atoms with Gasteiger partial charge in [-0.3, -0.25) is 4.79 Å². The smallest absolute Gasteiger partial charge is 0.260 e. The molecule has 1 saturated heterocycles. The third-order valence-corrected chi connectivity index (χ3v) is 4.50. The number of benzene rings is 2. The topological polar surface area (TPSA) is 49.8 Å². The van der Waals surface area contributed by atoms with Crippen LogP contribution in [0.1, 0.15) is 18.4 Å². The molecule has 1 aliphatic heterocycles. The van der Waals surface area contributed by atoms with Gasteiger partial charge in [-0.05, 0) is 30.5 Å². The normalized spacial score (nSPS) is 16.5. The van der Waals surface area contributed by atoms with Gasteiger partial charge >= 0.3 is 0 Å². The monoisotopic (exact) mass is 347 g/mol. The molecule has 0 spiro atoms. The van der Waals surface area contributed by atoms with Gasteiger partial charge in [0.1, 0.15) is 5.82 Å². The largest absolute Gasteiger partial charge is 0.481 e. The summed E-state index contributed by atoms with van der Waals surface area (Å²) < 4.78 is 31.5. The molecule has 0 aromatic heterocycles. The number of aliphatic hydroxyl groups is 1. The van der Waals surface area contributed by atoms with Gasteiger partial charge in [-0.15, -0.1) is 0 Å². The number of likely N-dealkylation sites (tertiary alicyclic amines) is 1. The lowest BCUT2D eigenvalue weighted by atomic mass is 9.84. The molecule has 1 N–H and O–H groups in total. The van der Waals surface area contributed by atoms with Crippen LogP contribution in [-0.4, -0.2) is 35.6 Å². The Bertz CT molecular complexity index is 744. The van der Waals surface area contributed by atoms with E-state index in [9.17, 15) is 18.7 Å². The van der Waals surface area contributed by atoms with Crippen LogP contribution in [0.25, 0.3) is 0 Å². The molecular weight excluding hydrogens is 328 g/mol. The van der Waals surface area contributed by atoms with Crippen molar-refractivity contribution >= 4 is 5.91 Å². The van der Waals surface area contributed by atoms with Crippen LogP contribution >= 0.6 is 0 Å². The van der Waals surface area contributed by atoms with Gasteiger partial charge in [0.2, 0.25) is 0 Å². The molecule has 3 rings (SSSR count). The molecule has 2 aromatic carbocycles. The van der Waals surface area contributed by atoms with E-state index >= 15 is 0 Å². The highest BCUT2D eigenvalue weighted by atomic mass is 19.1. The zero-order valence-corrected chi connectivity index (χ0v) is 13.6. The van der Waals surface area contributed by atoms with Gasteiger partial charge in [0.05, 0.1) is 5.60 Å². The van der Waals surface area contributed by atoms with Crippen molar-refractivity contribution < 1.29 is 23.4 Å². The fourth-order valence-electron chi connectivity index (χ4n) is 2.99. The Morgan fingerprint density at radius 1 is 1.12 bits per heavy atom. The van der Waals surface area contributed by atoms with E-state index in [1.807, 2.05) is 30.3 Å². The summed E-state index contributed by atoms with van der Waals surface area (Å²) in [6.45, 7) is 0.450. The van der Waals surface area contributed by atoms with Gasteiger partial charge in [-0.2, -0.15) is 0 Å². The lowest BCUT2D eigenvalue weighted by molar-refractivity contribution is -0.138. The van der Waals surface area contributed by atoms with Crippen molar-refractivity contribution in [1.82, 2.24) is 4.90 Å². The molecule has 1 heterocycles. The number of carbonyl (C=O) groups excluding carboxylic acids is 1. The van der Waals surface area contributed by atoms with E-state index < -0.39 is 17.2 Å². The third kappa shape index (κ3) is 3.96. The maximum Gasteiger partial charge on any atom is 0.260 e. The highest BCUT2D eigenvalue weighted by Gasteiger charge is 2.35. The number of hydrogen-bond acceptors (Lipinski definition) is 3. The number of amides is 1. The fraction of sp³-hybridized carbons (Fsp3) is 0.316. The van der Waals surface area contributed by atoms with E-state index in [2.05, 4.69) is 0 Å². The minimum Gasteiger partial charge on any atom is -0.481 e. The summed E-state index contributed by atoms with van der Waals surface area (Å²) in [6.07, 6.45) is 0.849. The van der Waals surface area contributed by atoms with Gasteiger partial charge in [-0.1, -0.05) is 30.3 Å². The van der Waals surface area contributed by atoms with Gasteiger partial charge in [0.25, 0.3) is 5.91 Å². The molecule has 6 heteroatoms. The zero-order chi connectivity index (χ0) is 17.9. The Kier molecular flexibility index (Phi) is 4.99. The summed E-state index contributed by atoms with van der Waals surface area (Å²) >= 11 is 0. The van der Waals surface area contributed by atoms with Crippen molar-refractivity contribution in [1.29, 1.82) is 0 Å². The van der Waals surface area contributed by atoms with Crippen LogP contribution in [0.15, 0.2) is 48.5 Å². The molecule has 0 saturated carbocycles. The first-order valence-electron chi connectivity index (χ1n) is 8.11. The van der Waals surface area contributed by atoms with E-state index in [1.165, 1.54) is 0 Å². The summed E-state index contributed by atoms with van der Waals surface area (Å²) in [7, 11) is 0. The van der Waals surface area contributed by atoms with Crippen LogP contribution in [-0.2, 0) is 10.4 Å². The van der Waals surface area contributed by atoms with Gasteiger partial charge in [0, 0.05) is 19.2 Å². The average Bonchev–Trinajstić information content (AvgIpc) is 2.62. The van der Waals surface area contributed by atoms with E-state index in [0.717, 1.165) is 17.7 Å². The number of rotatable bonds is 4. The number of carbonyl (C=O) groups is 1. The molecule has 0 unspecified atom stereocenters. The Balaban J connectivity index is 1.55. The van der Waals surface area contributed by atoms with Crippen molar-refractivity contribution in [3.63, 3.8) is 0 Å². The van der Waals surface area contributed by atoms with Crippen LogP contribution in [0.2, 0.25) is 0 Å². The van der Waals surface area contributed by atoms with Crippen molar-refractivity contribution in [2.24, 2.45) is 0 Å². The zero-order valence-electron chi connectivity index (χ0n) is 13.6. The van der Waals surface area contributed by atoms with Gasteiger partial charge in [0.15, 0.2) is 18.2 Å². The van der Waals surface area contributed by atoms with Crippen molar-refractivity contribution in [2.45, 2.75) is 18.4 Å². The van der Waals surface area contributed by atoms with E-state index in [-0.39, 0.29) is 18.3 Å². The maximum atomic E-state index is 13.5. The molecule has 4 nitrogen and oxygen atoms in total. The lowest BCUT2D eigenvalue weighted by Gasteiger charge is -2.38. The number of piperidine rings is 1. The first kappa shape index (κ1) is 17.4. The van der Waals surface area contributed by atoms with Crippen molar-refractivity contribution in [3.05, 3.63) is 65.7 Å². The van der Waals surface area contributed by atoms with Crippen molar-refractivity contribution in [2.75, 3.05) is 19.7 Å². The lowest BCUT2D eigenvalue weighted by Crippen LogP contribution is -2.46. The summed E-state index contributed by atoms with van der Waals surface area (Å²) in [5.74, 6) is -2.00. The maximum absolute atomic E-state index is 13.5. The van der Waals surface area contributed by atoms with Crippen LogP contribution in [0, 0.1) is 11.6 Å². The highest BCUT2D eigenvalue weighted by molar-refractivity contribution is 5.77. The number of ether oxygens (including phenoxy) is 1. The molecule has 1 fully saturated rings. The van der Waals surface area contributed by atoms with Crippen molar-refractivity contribution in [3.8, 4) is 5.75 Å². The van der Waals surface area contributed by atoms with Crippen LogP contribution in [0.3, 0.4) is 0 Å². The molecule has 2 aromatic rings. The van der Waals surface area contributed by atoms with E-state index in [1.54, 1.807) is 4.90 Å². The standard InChI is InChI=1S/C19H19F2NO3/c20-15-6-7-17(16(21)12-15)25-13-18(23)22-10-8-19(24,9-11-22)14-4-2-1-3-5-14/h1-7,12,24H,8-11,13H2. The Morgan fingerprint density at radius 3 is 2.44 bits per heavy atom. The number of halogens is 2. The second-order valence-electron chi connectivity index (χ2n) is 6.14. The minimum absolute atomic E-state index is 0.160. The fourth-order valence-corrected chi connectivity index (χ4v) is 2.99. The first-order chi connectivity index (χ1) is 12.0. The predicted octanol–water partition coefficient (Wildman–Crippen LogP) is 2.85. The first-order valence-corrected chi connectivity index (χ1v) is 8.11. The minimum atomic E-state index is -0.942. The quantitative estimate of drug-likeness (QED) is 0.925. The molecule has 25 heavy (non-hydrogen) atoms. The second-order valence-corrected chi connectivity index (χ2v) is 6.14. The molecule has 0 aliphatic carbocycles. The Labute approximate surface area is 144 Å². The number of hydrogen-bond donors (Lipinski definition) is 1. The van der Waals surface area contributed by atoms with Gasteiger partial charge in [-0.25, -0.2) is 8.78 Å². The Morgan fingerprint density at radius 2 is 1.80 bits per heavy atom. The summed E-state index contributed by atoms with van der Waals surface area (Å²) in [4.78, 5) is 13.8. The average molecular weight is 347 g/mol. The van der Waals surface area contributed by atoms with E-state index in [4.69, 9.17) is 4.74 Å².